The first-order valence-electron chi connectivity index (χ1n) is 18.0. The van der Waals surface area contributed by atoms with Crippen molar-refractivity contribution in [3.63, 3.8) is 0 Å². The SMILES string of the molecule is Cc1ccccc1-c1ccc2c(c1C)c1ccccc1n2-c1c(C)ccc2c1oc1c(-c3nc(-c4ccccc4)nc(-c4ccccc4)n3)cccc12. The van der Waals surface area contributed by atoms with Crippen molar-refractivity contribution in [2.75, 3.05) is 0 Å². The first-order valence-corrected chi connectivity index (χ1v) is 18.0. The van der Waals surface area contributed by atoms with Crippen LogP contribution in [0, 0.1) is 20.8 Å². The Morgan fingerprint density at radius 3 is 1.75 bits per heavy atom. The predicted octanol–water partition coefficient (Wildman–Crippen LogP) is 12.5. The van der Waals surface area contributed by atoms with Gasteiger partial charge in [0.25, 0.3) is 0 Å². The lowest BCUT2D eigenvalue weighted by molar-refractivity contribution is 0.666. The van der Waals surface area contributed by atoms with Crippen molar-refractivity contribution in [1.82, 2.24) is 19.5 Å². The van der Waals surface area contributed by atoms with Gasteiger partial charge < -0.3 is 8.98 Å². The third-order valence-electron chi connectivity index (χ3n) is 10.5. The van der Waals surface area contributed by atoms with Gasteiger partial charge in [-0.25, -0.2) is 15.0 Å². The van der Waals surface area contributed by atoms with E-state index >= 15 is 0 Å². The quantitative estimate of drug-likeness (QED) is 0.181. The molecule has 0 atom stereocenters. The van der Waals surface area contributed by atoms with Crippen LogP contribution in [-0.4, -0.2) is 19.5 Å². The Kier molecular flexibility index (Phi) is 7.08. The maximum atomic E-state index is 7.08. The van der Waals surface area contributed by atoms with E-state index in [0.717, 1.165) is 60.9 Å². The zero-order valence-electron chi connectivity index (χ0n) is 29.6. The summed E-state index contributed by atoms with van der Waals surface area (Å²) < 4.78 is 9.47. The molecule has 10 aromatic rings. The van der Waals surface area contributed by atoms with Crippen molar-refractivity contribution in [1.29, 1.82) is 0 Å². The molecule has 0 aliphatic carbocycles. The lowest BCUT2D eigenvalue weighted by atomic mass is 9.94. The number of benzene rings is 7. The largest absolute Gasteiger partial charge is 0.453 e. The lowest BCUT2D eigenvalue weighted by Gasteiger charge is -2.14. The summed E-state index contributed by atoms with van der Waals surface area (Å²) in [7, 11) is 0. The highest BCUT2D eigenvalue weighted by atomic mass is 16.3. The average molecular weight is 683 g/mol. The van der Waals surface area contributed by atoms with Crippen LogP contribution in [0.1, 0.15) is 16.7 Å². The van der Waals surface area contributed by atoms with Crippen molar-refractivity contribution in [3.05, 3.63) is 168 Å². The Labute approximate surface area is 306 Å². The molecule has 0 aliphatic heterocycles. The minimum atomic E-state index is 0.567. The molecular formula is C48H34N4O. The molecule has 0 saturated carbocycles. The predicted molar refractivity (Wildman–Crippen MR) is 217 cm³/mol. The molecule has 252 valence electrons. The number of para-hydroxylation sites is 2. The van der Waals surface area contributed by atoms with Crippen molar-refractivity contribution in [2.24, 2.45) is 0 Å². The van der Waals surface area contributed by atoms with Gasteiger partial charge in [0.2, 0.25) is 0 Å². The fourth-order valence-corrected chi connectivity index (χ4v) is 7.97. The van der Waals surface area contributed by atoms with Gasteiger partial charge in [-0.15, -0.1) is 0 Å². The van der Waals surface area contributed by atoms with Crippen molar-refractivity contribution >= 4 is 43.7 Å². The minimum absolute atomic E-state index is 0.567. The van der Waals surface area contributed by atoms with Gasteiger partial charge in [0.1, 0.15) is 5.58 Å². The summed E-state index contributed by atoms with van der Waals surface area (Å²) in [5.74, 6) is 1.80. The highest BCUT2D eigenvalue weighted by Gasteiger charge is 2.23. The van der Waals surface area contributed by atoms with E-state index in [0.29, 0.717) is 17.5 Å². The normalized spacial score (nSPS) is 11.7. The second-order valence-electron chi connectivity index (χ2n) is 13.7. The average Bonchev–Trinajstić information content (AvgIpc) is 3.75. The first-order chi connectivity index (χ1) is 26.0. The highest BCUT2D eigenvalue weighted by molar-refractivity contribution is 6.16. The van der Waals surface area contributed by atoms with E-state index in [1.807, 2.05) is 66.7 Å². The third-order valence-corrected chi connectivity index (χ3v) is 10.5. The molecular weight excluding hydrogens is 649 g/mol. The summed E-state index contributed by atoms with van der Waals surface area (Å²) in [6.07, 6.45) is 0. The molecule has 0 unspecified atom stereocenters. The standard InChI is InChI=1S/C48H34N4O/c1-29-15-10-11-20-34(29)35-27-28-41-42(31(35)3)38-21-12-13-24-40(38)52(41)43-30(2)25-26-37-36-22-14-23-39(44(36)53-45(37)43)48-50-46(32-16-6-4-7-17-32)49-47(51-48)33-18-8-5-9-19-33/h4-28H,1-3H3. The third kappa shape index (κ3) is 4.89. The second kappa shape index (κ2) is 12.1. The molecule has 7 aromatic carbocycles. The lowest BCUT2D eigenvalue weighted by Crippen LogP contribution is -2.00. The van der Waals surface area contributed by atoms with E-state index in [-0.39, 0.29) is 0 Å². The Bertz CT molecular complexity index is 2970. The van der Waals surface area contributed by atoms with Crippen LogP contribution in [0.3, 0.4) is 0 Å². The van der Waals surface area contributed by atoms with Crippen molar-refractivity contribution < 1.29 is 4.42 Å². The summed E-state index contributed by atoms with van der Waals surface area (Å²) in [5.41, 5.74) is 13.7. The van der Waals surface area contributed by atoms with Gasteiger partial charge in [-0.2, -0.15) is 0 Å². The van der Waals surface area contributed by atoms with Gasteiger partial charge in [0, 0.05) is 32.7 Å². The Balaban J connectivity index is 1.24. The number of fused-ring (bicyclic) bond motifs is 6. The Morgan fingerprint density at radius 1 is 0.415 bits per heavy atom. The minimum Gasteiger partial charge on any atom is -0.453 e. The van der Waals surface area contributed by atoms with Gasteiger partial charge >= 0.3 is 0 Å². The van der Waals surface area contributed by atoms with Gasteiger partial charge in [-0.3, -0.25) is 0 Å². The van der Waals surface area contributed by atoms with Crippen molar-refractivity contribution in [2.45, 2.75) is 20.8 Å². The molecule has 0 fully saturated rings. The van der Waals surface area contributed by atoms with Crippen LogP contribution in [0.15, 0.2) is 156 Å². The fourth-order valence-electron chi connectivity index (χ4n) is 7.97. The van der Waals surface area contributed by atoms with Crippen LogP contribution in [-0.2, 0) is 0 Å². The topological polar surface area (TPSA) is 56.7 Å². The summed E-state index contributed by atoms with van der Waals surface area (Å²) in [5, 5.41) is 4.53. The second-order valence-corrected chi connectivity index (χ2v) is 13.7. The number of hydrogen-bond acceptors (Lipinski definition) is 4. The van der Waals surface area contributed by atoms with Crippen LogP contribution in [0.2, 0.25) is 0 Å². The first kappa shape index (κ1) is 30.9. The maximum Gasteiger partial charge on any atom is 0.167 e. The summed E-state index contributed by atoms with van der Waals surface area (Å²) in [6, 6.07) is 52.7. The molecule has 3 heterocycles. The smallest absolute Gasteiger partial charge is 0.167 e. The van der Waals surface area contributed by atoms with Crippen LogP contribution in [0.25, 0.3) is 94.7 Å². The van der Waals surface area contributed by atoms with Crippen molar-refractivity contribution in [3.8, 4) is 51.0 Å². The number of aromatic nitrogens is 4. The van der Waals surface area contributed by atoms with Crippen LogP contribution < -0.4 is 0 Å². The van der Waals surface area contributed by atoms with Gasteiger partial charge in [-0.05, 0) is 66.8 Å². The van der Waals surface area contributed by atoms with E-state index in [1.54, 1.807) is 0 Å². The summed E-state index contributed by atoms with van der Waals surface area (Å²) in [4.78, 5) is 15.0. The number of nitrogens with zero attached hydrogens (tertiary/aromatic N) is 4. The molecule has 5 heteroatoms. The number of hydrogen-bond donors (Lipinski definition) is 0. The molecule has 0 amide bonds. The number of rotatable bonds is 5. The zero-order chi connectivity index (χ0) is 35.6. The van der Waals surface area contributed by atoms with Crippen LogP contribution in [0.5, 0.6) is 0 Å². The molecule has 5 nitrogen and oxygen atoms in total. The molecule has 0 radical (unpaired) electrons. The summed E-state index contributed by atoms with van der Waals surface area (Å²) >= 11 is 0. The van der Waals surface area contributed by atoms with E-state index < -0.39 is 0 Å². The molecule has 0 bridgehead atoms. The van der Waals surface area contributed by atoms with E-state index in [2.05, 4.69) is 110 Å². The molecule has 53 heavy (non-hydrogen) atoms. The molecule has 0 saturated heterocycles. The maximum absolute atomic E-state index is 7.08. The molecule has 10 rings (SSSR count). The molecule has 3 aromatic heterocycles. The number of aryl methyl sites for hydroxylation is 3. The zero-order valence-corrected chi connectivity index (χ0v) is 29.6. The van der Waals surface area contributed by atoms with Crippen LogP contribution in [0.4, 0.5) is 0 Å². The molecule has 0 N–H and O–H groups in total. The van der Waals surface area contributed by atoms with E-state index in [9.17, 15) is 0 Å². The monoisotopic (exact) mass is 682 g/mol. The summed E-state index contributed by atoms with van der Waals surface area (Å²) in [6.45, 7) is 6.61. The molecule has 0 spiro atoms. The van der Waals surface area contributed by atoms with E-state index in [1.165, 1.54) is 33.0 Å². The number of furan rings is 1. The van der Waals surface area contributed by atoms with Crippen LogP contribution >= 0.6 is 0 Å². The molecule has 0 aliphatic rings. The fraction of sp³-hybridized carbons (Fsp3) is 0.0625. The highest BCUT2D eigenvalue weighted by Crippen LogP contribution is 2.44. The van der Waals surface area contributed by atoms with E-state index in [4.69, 9.17) is 19.4 Å². The Hall–Kier alpha value is -6.85. The van der Waals surface area contributed by atoms with Gasteiger partial charge in [0.05, 0.1) is 22.3 Å². The van der Waals surface area contributed by atoms with Gasteiger partial charge in [-0.1, -0.05) is 133 Å². The van der Waals surface area contributed by atoms with Gasteiger partial charge in [0.15, 0.2) is 23.1 Å². The Morgan fingerprint density at radius 2 is 1.02 bits per heavy atom.